The maximum absolute atomic E-state index is 12.6. The number of hydrogen-bond acceptors (Lipinski definition) is 4. The molecule has 2 aliphatic rings. The Kier molecular flexibility index (Phi) is 4.55. The van der Waals surface area contributed by atoms with E-state index in [4.69, 9.17) is 27.9 Å². The van der Waals surface area contributed by atoms with E-state index in [1.54, 1.807) is 17.0 Å². The summed E-state index contributed by atoms with van der Waals surface area (Å²) in [6.07, 6.45) is 0. The first-order valence-corrected chi connectivity index (χ1v) is 7.87. The summed E-state index contributed by atoms with van der Waals surface area (Å²) in [6.45, 7) is 4.26. The lowest BCUT2D eigenvalue weighted by molar-refractivity contribution is 0.0320. The van der Waals surface area contributed by atoms with Crippen LogP contribution in [-0.2, 0) is 4.74 Å². The fraction of sp³-hybridized carbons (Fsp3) is 0.467. The third-order valence-electron chi connectivity index (χ3n) is 4.08. The second-order valence-corrected chi connectivity index (χ2v) is 6.12. The summed E-state index contributed by atoms with van der Waals surface area (Å²) in [7, 11) is 0. The molecule has 2 heterocycles. The number of ether oxygens (including phenoxy) is 1. The van der Waals surface area contributed by atoms with E-state index in [0.717, 1.165) is 13.1 Å². The van der Waals surface area contributed by atoms with E-state index in [1.807, 2.05) is 0 Å². The van der Waals surface area contributed by atoms with Crippen LogP contribution in [-0.4, -0.2) is 55.1 Å². The number of benzene rings is 1. The number of amides is 1. The molecule has 1 aromatic rings. The molecule has 1 saturated heterocycles. The SMILES string of the molecule is N#CC1c2c(Cl)ccc(Cl)c2C(=O)N1CCN1CCOCC1. The summed E-state index contributed by atoms with van der Waals surface area (Å²) in [6, 6.07) is 4.73. The van der Waals surface area contributed by atoms with Gasteiger partial charge in [0.1, 0.15) is 6.04 Å². The average Bonchev–Trinajstić information content (AvgIpc) is 2.83. The second kappa shape index (κ2) is 6.43. The number of carbonyl (C=O) groups excluding carboxylic acids is 1. The van der Waals surface area contributed by atoms with E-state index in [-0.39, 0.29) is 5.91 Å². The molecule has 0 aliphatic carbocycles. The minimum atomic E-state index is -0.672. The van der Waals surface area contributed by atoms with Crippen molar-refractivity contribution in [3.8, 4) is 6.07 Å². The smallest absolute Gasteiger partial charge is 0.257 e. The van der Waals surface area contributed by atoms with Crippen LogP contribution >= 0.6 is 23.2 Å². The summed E-state index contributed by atoms with van der Waals surface area (Å²) in [5.41, 5.74) is 0.895. The number of morpholine rings is 1. The minimum absolute atomic E-state index is 0.220. The molecular formula is C15H15Cl2N3O2. The van der Waals surface area contributed by atoms with E-state index in [2.05, 4.69) is 11.0 Å². The van der Waals surface area contributed by atoms with Gasteiger partial charge in [-0.25, -0.2) is 0 Å². The van der Waals surface area contributed by atoms with Crippen LogP contribution in [0, 0.1) is 11.3 Å². The Morgan fingerprint density at radius 3 is 2.59 bits per heavy atom. The van der Waals surface area contributed by atoms with Gasteiger partial charge in [-0.3, -0.25) is 9.69 Å². The Bertz CT molecular complexity index is 638. The molecule has 5 nitrogen and oxygen atoms in total. The lowest BCUT2D eigenvalue weighted by Crippen LogP contribution is -2.42. The van der Waals surface area contributed by atoms with Crippen LogP contribution < -0.4 is 0 Å². The van der Waals surface area contributed by atoms with Crippen molar-refractivity contribution in [2.75, 3.05) is 39.4 Å². The van der Waals surface area contributed by atoms with Crippen molar-refractivity contribution in [3.05, 3.63) is 33.3 Å². The Hall–Kier alpha value is -1.32. The zero-order valence-electron chi connectivity index (χ0n) is 11.9. The van der Waals surface area contributed by atoms with Gasteiger partial charge < -0.3 is 9.64 Å². The first-order chi connectivity index (χ1) is 10.6. The predicted molar refractivity (Wildman–Crippen MR) is 83.1 cm³/mol. The number of rotatable bonds is 3. The van der Waals surface area contributed by atoms with Crippen LogP contribution in [0.1, 0.15) is 22.0 Å². The maximum Gasteiger partial charge on any atom is 0.257 e. The van der Waals surface area contributed by atoms with Gasteiger partial charge in [-0.05, 0) is 12.1 Å². The molecule has 0 N–H and O–H groups in total. The molecular weight excluding hydrogens is 325 g/mol. The monoisotopic (exact) mass is 339 g/mol. The molecule has 0 bridgehead atoms. The summed E-state index contributed by atoms with van der Waals surface area (Å²) in [5.74, 6) is -0.220. The number of carbonyl (C=O) groups is 1. The van der Waals surface area contributed by atoms with E-state index in [0.29, 0.717) is 47.5 Å². The van der Waals surface area contributed by atoms with Gasteiger partial charge in [0.25, 0.3) is 5.91 Å². The van der Waals surface area contributed by atoms with Gasteiger partial charge in [0.2, 0.25) is 0 Å². The highest BCUT2D eigenvalue weighted by Gasteiger charge is 2.40. The molecule has 1 atom stereocenters. The minimum Gasteiger partial charge on any atom is -0.379 e. The molecule has 1 amide bonds. The topological polar surface area (TPSA) is 56.6 Å². The predicted octanol–water partition coefficient (Wildman–Crippen LogP) is 2.35. The van der Waals surface area contributed by atoms with Crippen LogP contribution in [0.15, 0.2) is 12.1 Å². The van der Waals surface area contributed by atoms with Crippen LogP contribution in [0.2, 0.25) is 10.0 Å². The Balaban J connectivity index is 1.81. The zero-order chi connectivity index (χ0) is 15.7. The molecule has 1 fully saturated rings. The molecule has 1 unspecified atom stereocenters. The number of nitriles is 1. The quantitative estimate of drug-likeness (QED) is 0.848. The van der Waals surface area contributed by atoms with Crippen molar-refractivity contribution >= 4 is 29.1 Å². The van der Waals surface area contributed by atoms with Gasteiger partial charge in [-0.2, -0.15) is 5.26 Å². The molecule has 0 radical (unpaired) electrons. The fourth-order valence-electron chi connectivity index (χ4n) is 2.91. The van der Waals surface area contributed by atoms with Gasteiger partial charge in [0, 0.05) is 36.8 Å². The third-order valence-corrected chi connectivity index (χ3v) is 4.73. The highest BCUT2D eigenvalue weighted by atomic mass is 35.5. The highest BCUT2D eigenvalue weighted by Crippen LogP contribution is 2.41. The molecule has 3 rings (SSSR count). The summed E-state index contributed by atoms with van der Waals surface area (Å²) < 4.78 is 5.31. The summed E-state index contributed by atoms with van der Waals surface area (Å²) in [5, 5.41) is 10.2. The molecule has 7 heteroatoms. The van der Waals surface area contributed by atoms with Gasteiger partial charge in [-0.15, -0.1) is 0 Å². The molecule has 116 valence electrons. The average molecular weight is 340 g/mol. The molecule has 0 saturated carbocycles. The molecule has 2 aliphatic heterocycles. The molecule has 22 heavy (non-hydrogen) atoms. The lowest BCUT2D eigenvalue weighted by atomic mass is 10.1. The van der Waals surface area contributed by atoms with Crippen molar-refractivity contribution in [1.82, 2.24) is 9.80 Å². The van der Waals surface area contributed by atoms with Gasteiger partial charge in [0.05, 0.1) is 29.9 Å². The summed E-state index contributed by atoms with van der Waals surface area (Å²) >= 11 is 12.3. The van der Waals surface area contributed by atoms with E-state index >= 15 is 0 Å². The Labute approximate surface area is 138 Å². The van der Waals surface area contributed by atoms with Crippen molar-refractivity contribution < 1.29 is 9.53 Å². The number of hydrogen-bond donors (Lipinski definition) is 0. The van der Waals surface area contributed by atoms with Gasteiger partial charge in [-0.1, -0.05) is 23.2 Å². The van der Waals surface area contributed by atoms with Crippen molar-refractivity contribution in [2.24, 2.45) is 0 Å². The van der Waals surface area contributed by atoms with Crippen LogP contribution in [0.25, 0.3) is 0 Å². The fourth-order valence-corrected chi connectivity index (χ4v) is 3.41. The second-order valence-electron chi connectivity index (χ2n) is 5.30. The number of halogens is 2. The first-order valence-electron chi connectivity index (χ1n) is 7.12. The largest absolute Gasteiger partial charge is 0.379 e. The normalized spacial score (nSPS) is 21.8. The van der Waals surface area contributed by atoms with E-state index < -0.39 is 6.04 Å². The zero-order valence-corrected chi connectivity index (χ0v) is 13.4. The van der Waals surface area contributed by atoms with Crippen molar-refractivity contribution in [3.63, 3.8) is 0 Å². The summed E-state index contributed by atoms with van der Waals surface area (Å²) in [4.78, 5) is 16.4. The first kappa shape index (κ1) is 15.6. The van der Waals surface area contributed by atoms with E-state index in [1.165, 1.54) is 0 Å². The highest BCUT2D eigenvalue weighted by molar-refractivity contribution is 6.37. The molecule has 1 aromatic carbocycles. The van der Waals surface area contributed by atoms with Gasteiger partial charge in [0.15, 0.2) is 0 Å². The third kappa shape index (κ3) is 2.68. The standard InChI is InChI=1S/C15H15Cl2N3O2/c16-10-1-2-11(17)14-13(10)12(9-18)20(15(14)21)4-3-19-5-7-22-8-6-19/h1-2,12H,3-8H2. The van der Waals surface area contributed by atoms with Crippen LogP contribution in [0.3, 0.4) is 0 Å². The maximum atomic E-state index is 12.6. The Morgan fingerprint density at radius 2 is 1.91 bits per heavy atom. The molecule has 0 aromatic heterocycles. The molecule has 0 spiro atoms. The van der Waals surface area contributed by atoms with Crippen molar-refractivity contribution in [1.29, 1.82) is 5.26 Å². The number of fused-ring (bicyclic) bond motifs is 1. The Morgan fingerprint density at radius 1 is 1.23 bits per heavy atom. The van der Waals surface area contributed by atoms with E-state index in [9.17, 15) is 10.1 Å². The number of nitrogens with zero attached hydrogens (tertiary/aromatic N) is 3. The lowest BCUT2D eigenvalue weighted by Gasteiger charge is -2.29. The van der Waals surface area contributed by atoms with Crippen LogP contribution in [0.5, 0.6) is 0 Å². The van der Waals surface area contributed by atoms with Crippen LogP contribution in [0.4, 0.5) is 0 Å². The van der Waals surface area contributed by atoms with Crippen molar-refractivity contribution in [2.45, 2.75) is 6.04 Å². The van der Waals surface area contributed by atoms with Gasteiger partial charge >= 0.3 is 0 Å².